The first kappa shape index (κ1) is 18.2. The molecule has 24 heavy (non-hydrogen) atoms. The molecule has 0 unspecified atom stereocenters. The lowest BCUT2D eigenvalue weighted by atomic mass is 10.0. The number of aromatic nitrogens is 1. The SMILES string of the molecule is CC(C)[C@H](NC(=O)NC[C@H](O)c1ccccc1Cl)c1ccccn1. The van der Waals surface area contributed by atoms with E-state index in [1.54, 1.807) is 30.5 Å². The first-order valence-electron chi connectivity index (χ1n) is 7.86. The normalized spacial score (nSPS) is 13.4. The summed E-state index contributed by atoms with van der Waals surface area (Å²) in [6.07, 6.45) is 0.836. The highest BCUT2D eigenvalue weighted by molar-refractivity contribution is 6.31. The molecule has 1 aromatic heterocycles. The van der Waals surface area contributed by atoms with Crippen molar-refractivity contribution in [3.8, 4) is 0 Å². The zero-order valence-corrected chi connectivity index (χ0v) is 14.5. The molecule has 0 radical (unpaired) electrons. The van der Waals surface area contributed by atoms with Crippen LogP contribution in [0.15, 0.2) is 48.7 Å². The summed E-state index contributed by atoms with van der Waals surface area (Å²) in [5, 5.41) is 16.2. The lowest BCUT2D eigenvalue weighted by Crippen LogP contribution is -2.41. The van der Waals surface area contributed by atoms with Gasteiger partial charge in [0.05, 0.1) is 17.8 Å². The van der Waals surface area contributed by atoms with E-state index in [2.05, 4.69) is 15.6 Å². The number of hydrogen-bond donors (Lipinski definition) is 3. The number of carbonyl (C=O) groups is 1. The summed E-state index contributed by atoms with van der Waals surface area (Å²) in [6.45, 7) is 4.10. The van der Waals surface area contributed by atoms with E-state index in [0.29, 0.717) is 10.6 Å². The Kier molecular flexibility index (Phi) is 6.58. The molecule has 0 fully saturated rings. The summed E-state index contributed by atoms with van der Waals surface area (Å²) in [5.41, 5.74) is 1.39. The molecule has 0 aliphatic rings. The van der Waals surface area contributed by atoms with E-state index in [9.17, 15) is 9.90 Å². The van der Waals surface area contributed by atoms with Gasteiger partial charge in [-0.05, 0) is 24.1 Å². The average molecular weight is 348 g/mol. The van der Waals surface area contributed by atoms with Gasteiger partial charge in [-0.1, -0.05) is 49.7 Å². The van der Waals surface area contributed by atoms with Gasteiger partial charge in [0.25, 0.3) is 0 Å². The fourth-order valence-corrected chi connectivity index (χ4v) is 2.64. The number of urea groups is 1. The number of hydrogen-bond acceptors (Lipinski definition) is 3. The number of nitrogens with zero attached hydrogens (tertiary/aromatic N) is 1. The molecule has 0 saturated heterocycles. The molecule has 2 atom stereocenters. The molecule has 3 N–H and O–H groups in total. The third-order valence-corrected chi connectivity index (χ3v) is 4.02. The second kappa shape index (κ2) is 8.66. The van der Waals surface area contributed by atoms with Crippen LogP contribution in [0.4, 0.5) is 4.79 Å². The molecule has 0 spiro atoms. The van der Waals surface area contributed by atoms with Gasteiger partial charge in [-0.25, -0.2) is 4.79 Å². The van der Waals surface area contributed by atoms with Gasteiger partial charge in [0.1, 0.15) is 0 Å². The zero-order valence-electron chi connectivity index (χ0n) is 13.7. The van der Waals surface area contributed by atoms with Crippen molar-refractivity contribution in [2.75, 3.05) is 6.54 Å². The highest BCUT2D eigenvalue weighted by Gasteiger charge is 2.20. The van der Waals surface area contributed by atoms with E-state index in [1.807, 2.05) is 32.0 Å². The van der Waals surface area contributed by atoms with Crippen molar-refractivity contribution < 1.29 is 9.90 Å². The number of carbonyl (C=O) groups excluding carboxylic acids is 1. The van der Waals surface area contributed by atoms with Crippen LogP contribution in [0, 0.1) is 5.92 Å². The minimum Gasteiger partial charge on any atom is -0.387 e. The monoisotopic (exact) mass is 347 g/mol. The van der Waals surface area contributed by atoms with Crippen molar-refractivity contribution >= 4 is 17.6 Å². The van der Waals surface area contributed by atoms with Crippen LogP contribution in [-0.2, 0) is 0 Å². The van der Waals surface area contributed by atoms with Gasteiger partial charge in [-0.3, -0.25) is 4.98 Å². The molecule has 1 heterocycles. The molecule has 2 aromatic rings. The Balaban J connectivity index is 1.93. The van der Waals surface area contributed by atoms with Crippen LogP contribution in [-0.4, -0.2) is 22.7 Å². The minimum atomic E-state index is -0.864. The zero-order chi connectivity index (χ0) is 17.5. The van der Waals surface area contributed by atoms with Gasteiger partial charge >= 0.3 is 6.03 Å². The highest BCUT2D eigenvalue weighted by Crippen LogP contribution is 2.22. The fourth-order valence-electron chi connectivity index (χ4n) is 2.38. The molecule has 128 valence electrons. The number of pyridine rings is 1. The molecule has 2 rings (SSSR count). The van der Waals surface area contributed by atoms with Crippen LogP contribution in [0.1, 0.15) is 37.3 Å². The average Bonchev–Trinajstić information content (AvgIpc) is 2.58. The molecule has 5 nitrogen and oxygen atoms in total. The van der Waals surface area contributed by atoms with E-state index < -0.39 is 6.10 Å². The van der Waals surface area contributed by atoms with Gasteiger partial charge in [0.15, 0.2) is 0 Å². The maximum Gasteiger partial charge on any atom is 0.315 e. The van der Waals surface area contributed by atoms with Crippen molar-refractivity contribution in [2.45, 2.75) is 26.0 Å². The Morgan fingerprint density at radius 3 is 2.54 bits per heavy atom. The summed E-state index contributed by atoms with van der Waals surface area (Å²) < 4.78 is 0. The van der Waals surface area contributed by atoms with Crippen molar-refractivity contribution in [3.63, 3.8) is 0 Å². The number of nitrogens with one attached hydrogen (secondary N) is 2. The number of aliphatic hydroxyl groups is 1. The molecule has 0 aliphatic heterocycles. The standard InChI is InChI=1S/C18H22ClN3O2/c1-12(2)17(15-9-5-6-10-20-15)22-18(24)21-11-16(23)13-7-3-4-8-14(13)19/h3-10,12,16-17,23H,11H2,1-2H3,(H2,21,22,24)/t16-,17-/m0/s1. The van der Waals surface area contributed by atoms with Crippen LogP contribution >= 0.6 is 11.6 Å². The fraction of sp³-hybridized carbons (Fsp3) is 0.333. The second-order valence-corrected chi connectivity index (χ2v) is 6.28. The van der Waals surface area contributed by atoms with Gasteiger partial charge in [-0.15, -0.1) is 0 Å². The highest BCUT2D eigenvalue weighted by atomic mass is 35.5. The van der Waals surface area contributed by atoms with Gasteiger partial charge in [0, 0.05) is 23.3 Å². The summed E-state index contributed by atoms with van der Waals surface area (Å²) in [5.74, 6) is 0.180. The maximum absolute atomic E-state index is 12.2. The first-order valence-corrected chi connectivity index (χ1v) is 8.24. The summed E-state index contributed by atoms with van der Waals surface area (Å²) >= 11 is 6.04. The van der Waals surface area contributed by atoms with Crippen molar-refractivity contribution in [1.82, 2.24) is 15.6 Å². The quantitative estimate of drug-likeness (QED) is 0.749. The van der Waals surface area contributed by atoms with Crippen LogP contribution in [0.2, 0.25) is 5.02 Å². The summed E-state index contributed by atoms with van der Waals surface area (Å²) in [4.78, 5) is 16.5. The van der Waals surface area contributed by atoms with Gasteiger partial charge in [0.2, 0.25) is 0 Å². The number of aliphatic hydroxyl groups excluding tert-OH is 1. The Morgan fingerprint density at radius 1 is 1.21 bits per heavy atom. The van der Waals surface area contributed by atoms with Crippen molar-refractivity contribution in [2.24, 2.45) is 5.92 Å². The summed E-state index contributed by atoms with van der Waals surface area (Å²) in [6, 6.07) is 12.1. The number of rotatable bonds is 6. The predicted octanol–water partition coefficient (Wildman–Crippen LogP) is 3.46. The van der Waals surface area contributed by atoms with Crippen LogP contribution in [0.5, 0.6) is 0 Å². The molecule has 0 saturated carbocycles. The number of benzene rings is 1. The molecular formula is C18H22ClN3O2. The Bertz CT molecular complexity index is 664. The summed E-state index contributed by atoms with van der Waals surface area (Å²) in [7, 11) is 0. The Labute approximate surface area is 147 Å². The first-order chi connectivity index (χ1) is 11.5. The lowest BCUT2D eigenvalue weighted by molar-refractivity contribution is 0.172. The van der Waals surface area contributed by atoms with E-state index in [1.165, 1.54) is 0 Å². The Morgan fingerprint density at radius 2 is 1.92 bits per heavy atom. The second-order valence-electron chi connectivity index (χ2n) is 5.87. The molecule has 0 aliphatic carbocycles. The number of halogens is 1. The maximum atomic E-state index is 12.2. The third kappa shape index (κ3) is 4.94. The predicted molar refractivity (Wildman–Crippen MR) is 94.8 cm³/mol. The van der Waals surface area contributed by atoms with Gasteiger partial charge in [-0.2, -0.15) is 0 Å². The van der Waals surface area contributed by atoms with Crippen LogP contribution in [0.25, 0.3) is 0 Å². The van der Waals surface area contributed by atoms with E-state index in [0.717, 1.165) is 5.69 Å². The molecule has 1 aromatic carbocycles. The largest absolute Gasteiger partial charge is 0.387 e. The van der Waals surface area contributed by atoms with Crippen LogP contribution in [0.3, 0.4) is 0 Å². The van der Waals surface area contributed by atoms with E-state index in [4.69, 9.17) is 11.6 Å². The molecule has 0 bridgehead atoms. The Hall–Kier alpha value is -2.11. The van der Waals surface area contributed by atoms with Crippen LogP contribution < -0.4 is 10.6 Å². The van der Waals surface area contributed by atoms with E-state index in [-0.39, 0.29) is 24.5 Å². The van der Waals surface area contributed by atoms with Crippen molar-refractivity contribution in [3.05, 3.63) is 64.9 Å². The van der Waals surface area contributed by atoms with Gasteiger partial charge < -0.3 is 15.7 Å². The smallest absolute Gasteiger partial charge is 0.315 e. The molecule has 2 amide bonds. The third-order valence-electron chi connectivity index (χ3n) is 3.68. The minimum absolute atomic E-state index is 0.0720. The molecule has 6 heteroatoms. The van der Waals surface area contributed by atoms with Crippen molar-refractivity contribution in [1.29, 1.82) is 0 Å². The molecular weight excluding hydrogens is 326 g/mol. The lowest BCUT2D eigenvalue weighted by Gasteiger charge is -2.22. The van der Waals surface area contributed by atoms with E-state index >= 15 is 0 Å². The topological polar surface area (TPSA) is 74.2 Å². The number of amides is 2.